The lowest BCUT2D eigenvalue weighted by Gasteiger charge is -2.31. The van der Waals surface area contributed by atoms with Crippen molar-refractivity contribution < 1.29 is 23.7 Å². The van der Waals surface area contributed by atoms with Gasteiger partial charge in [0.05, 0.1) is 49.4 Å². The molecule has 1 aliphatic rings. The molecule has 3 rings (SSSR count). The number of amides is 1. The van der Waals surface area contributed by atoms with Gasteiger partial charge in [-0.3, -0.25) is 4.79 Å². The van der Waals surface area contributed by atoms with Crippen LogP contribution in [0.4, 0.5) is 11.4 Å². The molecule has 170 valence electrons. The van der Waals surface area contributed by atoms with Crippen molar-refractivity contribution in [1.82, 2.24) is 0 Å². The summed E-state index contributed by atoms with van der Waals surface area (Å²) >= 11 is 0. The van der Waals surface area contributed by atoms with Crippen LogP contribution in [-0.4, -0.2) is 51.5 Å². The Kier molecular flexibility index (Phi) is 8.17. The number of carbonyl (C=O) groups excluding carboxylic acids is 1. The summed E-state index contributed by atoms with van der Waals surface area (Å²) < 4.78 is 22.9. The van der Waals surface area contributed by atoms with Crippen LogP contribution in [0.3, 0.4) is 0 Å². The Bertz CT molecular complexity index is 949. The van der Waals surface area contributed by atoms with Gasteiger partial charge >= 0.3 is 0 Å². The Labute approximate surface area is 188 Å². The van der Waals surface area contributed by atoms with E-state index in [4.69, 9.17) is 24.2 Å². The molecule has 1 unspecified atom stereocenters. The predicted octanol–water partition coefficient (Wildman–Crippen LogP) is 3.60. The molecule has 1 amide bonds. The molecule has 0 spiro atoms. The minimum atomic E-state index is -0.758. The van der Waals surface area contributed by atoms with E-state index < -0.39 is 6.10 Å². The van der Waals surface area contributed by atoms with Crippen LogP contribution in [0.5, 0.6) is 17.2 Å². The molecule has 1 aliphatic heterocycles. The molecule has 1 saturated heterocycles. The summed E-state index contributed by atoms with van der Waals surface area (Å²) in [6.07, 6.45) is -0.758. The van der Waals surface area contributed by atoms with Crippen LogP contribution in [0.25, 0.3) is 0 Å². The van der Waals surface area contributed by atoms with Crippen molar-refractivity contribution in [2.24, 2.45) is 0 Å². The number of ether oxygens (including phenoxy) is 4. The average Bonchev–Trinajstić information content (AvgIpc) is 2.82. The van der Waals surface area contributed by atoms with Crippen molar-refractivity contribution in [3.63, 3.8) is 0 Å². The van der Waals surface area contributed by atoms with E-state index >= 15 is 0 Å². The largest absolute Gasteiger partial charge is 0.492 e. The van der Waals surface area contributed by atoms with Crippen molar-refractivity contribution in [3.8, 4) is 23.3 Å². The fourth-order valence-electron chi connectivity index (χ4n) is 3.34. The van der Waals surface area contributed by atoms with Gasteiger partial charge in [0, 0.05) is 25.2 Å². The van der Waals surface area contributed by atoms with Crippen LogP contribution in [0.1, 0.15) is 26.3 Å². The third kappa shape index (κ3) is 5.83. The van der Waals surface area contributed by atoms with Gasteiger partial charge in [-0.15, -0.1) is 0 Å². The minimum absolute atomic E-state index is 0.322. The topological polar surface area (TPSA) is 93.1 Å². The highest BCUT2D eigenvalue weighted by Crippen LogP contribution is 2.39. The molecule has 0 radical (unpaired) electrons. The van der Waals surface area contributed by atoms with Gasteiger partial charge in [-0.25, -0.2) is 0 Å². The number of nitrogens with zero attached hydrogens (tertiary/aromatic N) is 2. The molecule has 0 aliphatic carbocycles. The second-order valence-corrected chi connectivity index (χ2v) is 7.17. The maximum Gasteiger partial charge on any atom is 0.265 e. The SMILES string of the molecule is CCOc1cc(N2CCOCC2)c(OCC)cc1NC(=O)C(C)Oc1ccc(C#N)cc1. The number of benzene rings is 2. The van der Waals surface area contributed by atoms with E-state index in [-0.39, 0.29) is 5.91 Å². The number of rotatable bonds is 9. The number of nitrogens with one attached hydrogen (secondary N) is 1. The molecule has 0 aromatic heterocycles. The summed E-state index contributed by atoms with van der Waals surface area (Å²) in [5.74, 6) is 1.43. The Hall–Kier alpha value is -3.44. The van der Waals surface area contributed by atoms with Gasteiger partial charge in [-0.1, -0.05) is 0 Å². The normalized spacial score (nSPS) is 14.2. The quantitative estimate of drug-likeness (QED) is 0.638. The van der Waals surface area contributed by atoms with Gasteiger partial charge in [0.2, 0.25) is 0 Å². The van der Waals surface area contributed by atoms with Crippen molar-refractivity contribution in [2.75, 3.05) is 49.7 Å². The molecule has 1 fully saturated rings. The second-order valence-electron chi connectivity index (χ2n) is 7.17. The van der Waals surface area contributed by atoms with Crippen molar-refractivity contribution in [2.45, 2.75) is 26.9 Å². The maximum absolute atomic E-state index is 12.8. The molecule has 32 heavy (non-hydrogen) atoms. The van der Waals surface area contributed by atoms with Crippen LogP contribution < -0.4 is 24.4 Å². The van der Waals surface area contributed by atoms with Crippen molar-refractivity contribution in [1.29, 1.82) is 5.26 Å². The van der Waals surface area contributed by atoms with Crippen molar-refractivity contribution in [3.05, 3.63) is 42.0 Å². The Morgan fingerprint density at radius 1 is 1.12 bits per heavy atom. The molecule has 2 aromatic rings. The average molecular weight is 440 g/mol. The first-order chi connectivity index (χ1) is 15.5. The number of carbonyl (C=O) groups is 1. The van der Waals surface area contributed by atoms with Gasteiger partial charge in [0.25, 0.3) is 5.91 Å². The number of hydrogen-bond acceptors (Lipinski definition) is 7. The summed E-state index contributed by atoms with van der Waals surface area (Å²) in [4.78, 5) is 15.0. The van der Waals surface area contributed by atoms with E-state index in [1.807, 2.05) is 19.9 Å². The van der Waals surface area contributed by atoms with Gasteiger partial charge in [-0.05, 0) is 45.0 Å². The summed E-state index contributed by atoms with van der Waals surface area (Å²) in [5, 5.41) is 11.8. The lowest BCUT2D eigenvalue weighted by Crippen LogP contribution is -2.36. The smallest absolute Gasteiger partial charge is 0.265 e. The first-order valence-corrected chi connectivity index (χ1v) is 10.8. The second kappa shape index (κ2) is 11.3. The number of nitriles is 1. The lowest BCUT2D eigenvalue weighted by atomic mass is 10.2. The standard InChI is InChI=1S/C24H29N3O5/c1-4-30-22-15-21(27-10-12-29-13-11-27)23(31-5-2)14-20(22)26-24(28)17(3)32-19-8-6-18(16-25)7-9-19/h6-9,14-15,17H,4-5,10-13H2,1-3H3,(H,26,28). The van der Waals surface area contributed by atoms with E-state index in [1.165, 1.54) is 0 Å². The molecule has 0 bridgehead atoms. The van der Waals surface area contributed by atoms with Gasteiger partial charge in [0.15, 0.2) is 6.10 Å². The molecular weight excluding hydrogens is 410 g/mol. The number of hydrogen-bond donors (Lipinski definition) is 1. The molecule has 8 heteroatoms. The number of anilines is 2. The third-order valence-corrected chi connectivity index (χ3v) is 4.94. The molecule has 2 aromatic carbocycles. The van der Waals surface area contributed by atoms with Crippen LogP contribution in [0.2, 0.25) is 0 Å². The van der Waals surface area contributed by atoms with E-state index in [0.29, 0.717) is 54.9 Å². The van der Waals surface area contributed by atoms with Gasteiger partial charge in [0.1, 0.15) is 17.2 Å². The van der Waals surface area contributed by atoms with Crippen LogP contribution >= 0.6 is 0 Å². The first-order valence-electron chi connectivity index (χ1n) is 10.8. The monoisotopic (exact) mass is 439 g/mol. The van der Waals surface area contributed by atoms with E-state index in [0.717, 1.165) is 18.8 Å². The minimum Gasteiger partial charge on any atom is -0.492 e. The Morgan fingerprint density at radius 2 is 1.78 bits per heavy atom. The Balaban J connectivity index is 1.80. The van der Waals surface area contributed by atoms with Crippen LogP contribution in [-0.2, 0) is 9.53 Å². The first kappa shape index (κ1) is 23.2. The fraction of sp³-hybridized carbons (Fsp3) is 0.417. The lowest BCUT2D eigenvalue weighted by molar-refractivity contribution is -0.122. The van der Waals surface area contributed by atoms with E-state index in [1.54, 1.807) is 37.3 Å². The fourth-order valence-corrected chi connectivity index (χ4v) is 3.34. The Morgan fingerprint density at radius 3 is 2.41 bits per heavy atom. The highest BCUT2D eigenvalue weighted by atomic mass is 16.5. The highest BCUT2D eigenvalue weighted by molar-refractivity contribution is 5.96. The molecule has 8 nitrogen and oxygen atoms in total. The zero-order valence-corrected chi connectivity index (χ0v) is 18.7. The van der Waals surface area contributed by atoms with Crippen LogP contribution in [0.15, 0.2) is 36.4 Å². The zero-order valence-electron chi connectivity index (χ0n) is 18.7. The summed E-state index contributed by atoms with van der Waals surface area (Å²) in [7, 11) is 0. The molecule has 0 saturated carbocycles. The van der Waals surface area contributed by atoms with Gasteiger partial charge in [-0.2, -0.15) is 5.26 Å². The summed E-state index contributed by atoms with van der Waals surface area (Å²) in [5.41, 5.74) is 1.96. The van der Waals surface area contributed by atoms with Gasteiger partial charge < -0.3 is 29.2 Å². The molecule has 1 atom stereocenters. The van der Waals surface area contributed by atoms with Crippen molar-refractivity contribution >= 4 is 17.3 Å². The highest BCUT2D eigenvalue weighted by Gasteiger charge is 2.22. The molecular formula is C24H29N3O5. The van der Waals surface area contributed by atoms with E-state index in [9.17, 15) is 4.79 Å². The maximum atomic E-state index is 12.8. The molecule has 1 heterocycles. The van der Waals surface area contributed by atoms with Crippen LogP contribution in [0, 0.1) is 11.3 Å². The molecule has 1 N–H and O–H groups in total. The zero-order chi connectivity index (χ0) is 22.9. The van der Waals surface area contributed by atoms with E-state index in [2.05, 4.69) is 16.3 Å². The summed E-state index contributed by atoms with van der Waals surface area (Å²) in [6.45, 7) is 9.25. The summed E-state index contributed by atoms with van der Waals surface area (Å²) in [6, 6.07) is 12.4. The predicted molar refractivity (Wildman–Crippen MR) is 122 cm³/mol. The third-order valence-electron chi connectivity index (χ3n) is 4.94. The number of morpholine rings is 1.